The highest BCUT2D eigenvalue weighted by molar-refractivity contribution is 5.77. The summed E-state index contributed by atoms with van der Waals surface area (Å²) < 4.78 is 0. The first-order valence-corrected chi connectivity index (χ1v) is 6.50. The van der Waals surface area contributed by atoms with Gasteiger partial charge in [0, 0.05) is 12.6 Å². The maximum atomic E-state index is 11.1. The molecule has 0 amide bonds. The number of carboxylic acid groups (broad SMARTS) is 1. The maximum absolute atomic E-state index is 11.1. The van der Waals surface area contributed by atoms with Gasteiger partial charge in [0.25, 0.3) is 0 Å². The molecule has 1 rings (SSSR count). The first-order chi connectivity index (χ1) is 7.85. The topological polar surface area (TPSA) is 43.8 Å². The van der Waals surface area contributed by atoms with Gasteiger partial charge in [0.1, 0.15) is 5.54 Å². The average molecular weight is 242 g/mol. The smallest absolute Gasteiger partial charge is 0.323 e. The summed E-state index contributed by atoms with van der Waals surface area (Å²) in [7, 11) is 4.07. The van der Waals surface area contributed by atoms with Crippen LogP contribution < -0.4 is 0 Å². The predicted molar refractivity (Wildman–Crippen MR) is 69.2 cm³/mol. The van der Waals surface area contributed by atoms with Crippen LogP contribution in [0.2, 0.25) is 0 Å². The van der Waals surface area contributed by atoms with E-state index < -0.39 is 11.5 Å². The Bertz CT molecular complexity index is 266. The number of carbonyl (C=O) groups is 1. The second kappa shape index (κ2) is 5.83. The Hall–Kier alpha value is -0.610. The quantitative estimate of drug-likeness (QED) is 0.796. The fourth-order valence-corrected chi connectivity index (χ4v) is 2.29. The van der Waals surface area contributed by atoms with E-state index in [2.05, 4.69) is 11.9 Å². The maximum Gasteiger partial charge on any atom is 0.323 e. The Morgan fingerprint density at radius 3 is 2.65 bits per heavy atom. The number of likely N-dealkylation sites (N-methyl/N-ethyl adjacent to an activating group) is 1. The third kappa shape index (κ3) is 3.68. The number of rotatable bonds is 5. The van der Waals surface area contributed by atoms with E-state index in [-0.39, 0.29) is 0 Å². The molecule has 4 heteroatoms. The Morgan fingerprint density at radius 1 is 1.47 bits per heavy atom. The molecule has 0 aromatic heterocycles. The van der Waals surface area contributed by atoms with Crippen LogP contribution >= 0.6 is 0 Å². The Labute approximate surface area is 105 Å². The number of aliphatic carboxylic acids is 1. The van der Waals surface area contributed by atoms with Crippen molar-refractivity contribution < 1.29 is 9.90 Å². The van der Waals surface area contributed by atoms with E-state index in [4.69, 9.17) is 5.11 Å². The number of hydrogen-bond donors (Lipinski definition) is 1. The molecule has 0 spiro atoms. The zero-order valence-electron chi connectivity index (χ0n) is 11.6. The number of nitrogens with zero attached hydrogens (tertiary/aromatic N) is 2. The van der Waals surface area contributed by atoms with Crippen LogP contribution in [0, 0.1) is 0 Å². The molecule has 17 heavy (non-hydrogen) atoms. The van der Waals surface area contributed by atoms with Crippen LogP contribution in [-0.2, 0) is 4.79 Å². The van der Waals surface area contributed by atoms with E-state index in [1.165, 1.54) is 25.8 Å². The monoisotopic (exact) mass is 242 g/mol. The molecule has 1 heterocycles. The van der Waals surface area contributed by atoms with Crippen molar-refractivity contribution in [3.05, 3.63) is 0 Å². The van der Waals surface area contributed by atoms with Gasteiger partial charge in [-0.3, -0.25) is 9.69 Å². The highest BCUT2D eigenvalue weighted by atomic mass is 16.4. The molecule has 0 aliphatic carbocycles. The van der Waals surface area contributed by atoms with Crippen LogP contribution in [0.15, 0.2) is 0 Å². The SMILES string of the molecule is CN1CCCCC1CCN(C)C(C)(C)C(=O)O. The summed E-state index contributed by atoms with van der Waals surface area (Å²) in [5, 5.41) is 9.15. The molecular weight excluding hydrogens is 216 g/mol. The lowest BCUT2D eigenvalue weighted by Crippen LogP contribution is -2.49. The molecular formula is C13H26N2O2. The Kier molecular flexibility index (Phi) is 4.95. The van der Waals surface area contributed by atoms with Crippen molar-refractivity contribution in [1.82, 2.24) is 9.80 Å². The second-order valence-corrected chi connectivity index (χ2v) is 5.70. The standard InChI is InChI=1S/C13H26N2O2/c1-13(2,12(16)17)15(4)10-8-11-7-5-6-9-14(11)3/h11H,5-10H2,1-4H3,(H,16,17). The van der Waals surface area contributed by atoms with Crippen molar-refractivity contribution in [2.45, 2.75) is 51.1 Å². The summed E-state index contributed by atoms with van der Waals surface area (Å²) >= 11 is 0. The number of piperidine rings is 1. The first-order valence-electron chi connectivity index (χ1n) is 6.50. The summed E-state index contributed by atoms with van der Waals surface area (Å²) in [5.74, 6) is -0.753. The molecule has 1 N–H and O–H groups in total. The van der Waals surface area contributed by atoms with Crippen LogP contribution in [0.3, 0.4) is 0 Å². The summed E-state index contributed by atoms with van der Waals surface area (Å²) in [6.07, 6.45) is 4.91. The van der Waals surface area contributed by atoms with E-state index in [0.717, 1.165) is 13.0 Å². The molecule has 1 fully saturated rings. The zero-order valence-corrected chi connectivity index (χ0v) is 11.6. The van der Waals surface area contributed by atoms with E-state index >= 15 is 0 Å². The average Bonchev–Trinajstić information content (AvgIpc) is 2.27. The highest BCUT2D eigenvalue weighted by Crippen LogP contribution is 2.20. The third-order valence-electron chi connectivity index (χ3n) is 4.20. The van der Waals surface area contributed by atoms with E-state index in [0.29, 0.717) is 6.04 Å². The molecule has 0 saturated carbocycles. The van der Waals surface area contributed by atoms with Gasteiger partial charge in [-0.25, -0.2) is 0 Å². The molecule has 1 saturated heterocycles. The van der Waals surface area contributed by atoms with Gasteiger partial charge in [-0.2, -0.15) is 0 Å². The van der Waals surface area contributed by atoms with Crippen molar-refractivity contribution in [2.75, 3.05) is 27.2 Å². The number of likely N-dealkylation sites (tertiary alicyclic amines) is 1. The van der Waals surface area contributed by atoms with Gasteiger partial charge in [0.2, 0.25) is 0 Å². The van der Waals surface area contributed by atoms with Crippen molar-refractivity contribution >= 4 is 5.97 Å². The number of carboxylic acids is 1. The van der Waals surface area contributed by atoms with Gasteiger partial charge < -0.3 is 10.0 Å². The van der Waals surface area contributed by atoms with Gasteiger partial charge >= 0.3 is 5.97 Å². The fourth-order valence-electron chi connectivity index (χ4n) is 2.29. The van der Waals surface area contributed by atoms with E-state index in [1.54, 1.807) is 13.8 Å². The minimum Gasteiger partial charge on any atom is -0.480 e. The van der Waals surface area contributed by atoms with Crippen LogP contribution in [0.5, 0.6) is 0 Å². The van der Waals surface area contributed by atoms with Crippen LogP contribution in [0.1, 0.15) is 39.5 Å². The minimum atomic E-state index is -0.771. The largest absolute Gasteiger partial charge is 0.480 e. The van der Waals surface area contributed by atoms with Crippen molar-refractivity contribution in [1.29, 1.82) is 0 Å². The normalized spacial score (nSPS) is 23.0. The minimum absolute atomic E-state index is 0.621. The van der Waals surface area contributed by atoms with Crippen LogP contribution in [0.25, 0.3) is 0 Å². The van der Waals surface area contributed by atoms with Crippen LogP contribution in [0.4, 0.5) is 0 Å². The van der Waals surface area contributed by atoms with Crippen molar-refractivity contribution in [3.8, 4) is 0 Å². The molecule has 0 radical (unpaired) electrons. The predicted octanol–water partition coefficient (Wildman–Crippen LogP) is 1.66. The summed E-state index contributed by atoms with van der Waals surface area (Å²) in [6, 6.07) is 0.621. The molecule has 0 aromatic rings. The summed E-state index contributed by atoms with van der Waals surface area (Å²) in [6.45, 7) is 5.55. The number of hydrogen-bond acceptors (Lipinski definition) is 3. The van der Waals surface area contributed by atoms with Crippen molar-refractivity contribution in [3.63, 3.8) is 0 Å². The molecule has 1 aliphatic rings. The summed E-state index contributed by atoms with van der Waals surface area (Å²) in [5.41, 5.74) is -0.771. The van der Waals surface area contributed by atoms with Gasteiger partial charge in [0.05, 0.1) is 0 Å². The first kappa shape index (κ1) is 14.5. The van der Waals surface area contributed by atoms with Gasteiger partial charge in [-0.05, 0) is 53.8 Å². The van der Waals surface area contributed by atoms with Gasteiger partial charge in [0.15, 0.2) is 0 Å². The third-order valence-corrected chi connectivity index (χ3v) is 4.20. The zero-order chi connectivity index (χ0) is 13.1. The van der Waals surface area contributed by atoms with Gasteiger partial charge in [-0.1, -0.05) is 6.42 Å². The molecule has 1 unspecified atom stereocenters. The molecule has 1 atom stereocenters. The lowest BCUT2D eigenvalue weighted by molar-refractivity contribution is -0.148. The van der Waals surface area contributed by atoms with E-state index in [9.17, 15) is 4.79 Å². The second-order valence-electron chi connectivity index (χ2n) is 5.70. The van der Waals surface area contributed by atoms with Crippen LogP contribution in [-0.4, -0.2) is 59.6 Å². The summed E-state index contributed by atoms with van der Waals surface area (Å²) in [4.78, 5) is 15.5. The lowest BCUT2D eigenvalue weighted by Gasteiger charge is -2.36. The Balaban J connectivity index is 2.42. The fraction of sp³-hybridized carbons (Fsp3) is 0.923. The highest BCUT2D eigenvalue weighted by Gasteiger charge is 2.32. The molecule has 0 aromatic carbocycles. The molecule has 1 aliphatic heterocycles. The van der Waals surface area contributed by atoms with E-state index in [1.807, 2.05) is 11.9 Å². The van der Waals surface area contributed by atoms with Crippen molar-refractivity contribution in [2.24, 2.45) is 0 Å². The van der Waals surface area contributed by atoms with Gasteiger partial charge in [-0.15, -0.1) is 0 Å². The molecule has 4 nitrogen and oxygen atoms in total. The molecule has 100 valence electrons. The molecule has 0 bridgehead atoms. The Morgan fingerprint density at radius 2 is 2.12 bits per heavy atom. The lowest BCUT2D eigenvalue weighted by atomic mass is 9.98.